The Balaban J connectivity index is 2.18. The first-order valence-electron chi connectivity index (χ1n) is 8.64. The van der Waals surface area contributed by atoms with Crippen LogP contribution in [0, 0.1) is 6.92 Å². The second-order valence-corrected chi connectivity index (χ2v) is 6.19. The number of carbonyl (C=O) groups is 1. The molecule has 0 radical (unpaired) electrons. The van der Waals surface area contributed by atoms with Crippen molar-refractivity contribution in [1.82, 2.24) is 0 Å². The summed E-state index contributed by atoms with van der Waals surface area (Å²) < 4.78 is 27.5. The van der Waals surface area contributed by atoms with E-state index in [1.807, 2.05) is 25.1 Å². The number of hydrogen-bond acceptors (Lipinski definition) is 7. The van der Waals surface area contributed by atoms with Gasteiger partial charge in [-0.1, -0.05) is 6.07 Å². The van der Waals surface area contributed by atoms with Gasteiger partial charge in [0, 0.05) is 18.2 Å². The molecular weight excluding hydrogens is 362 g/mol. The molecule has 0 aromatic heterocycles. The van der Waals surface area contributed by atoms with Gasteiger partial charge in [-0.05, 0) is 24.6 Å². The van der Waals surface area contributed by atoms with Crippen LogP contribution in [-0.2, 0) is 9.53 Å². The lowest BCUT2D eigenvalue weighted by atomic mass is 10.0. The predicted octanol–water partition coefficient (Wildman–Crippen LogP) is 3.62. The summed E-state index contributed by atoms with van der Waals surface area (Å²) in [6.07, 6.45) is 0.684. The summed E-state index contributed by atoms with van der Waals surface area (Å²) in [6, 6.07) is 9.25. The van der Waals surface area contributed by atoms with Gasteiger partial charge in [0.25, 0.3) is 0 Å². The van der Waals surface area contributed by atoms with Gasteiger partial charge in [-0.2, -0.15) is 0 Å². The van der Waals surface area contributed by atoms with Crippen molar-refractivity contribution in [1.29, 1.82) is 0 Å². The van der Waals surface area contributed by atoms with Crippen LogP contribution in [0.3, 0.4) is 0 Å². The van der Waals surface area contributed by atoms with E-state index in [0.717, 1.165) is 11.3 Å². The maximum Gasteiger partial charge on any atom is 0.332 e. The van der Waals surface area contributed by atoms with Gasteiger partial charge in [0.2, 0.25) is 0 Å². The topological polar surface area (TPSA) is 75.3 Å². The molecule has 28 heavy (non-hydrogen) atoms. The largest absolute Gasteiger partial charge is 0.496 e. The fourth-order valence-corrected chi connectivity index (χ4v) is 3.06. The lowest BCUT2D eigenvalue weighted by molar-refractivity contribution is -0.134. The van der Waals surface area contributed by atoms with Crippen LogP contribution in [0.5, 0.6) is 23.0 Å². The molecule has 7 heteroatoms. The first-order chi connectivity index (χ1) is 13.5. The molecule has 0 amide bonds. The number of hydrogen-bond donors (Lipinski definition) is 1. The van der Waals surface area contributed by atoms with Crippen LogP contribution >= 0.6 is 0 Å². The number of fused-ring (bicyclic) bond motifs is 1. The molecule has 0 bridgehead atoms. The lowest BCUT2D eigenvalue weighted by Crippen LogP contribution is -2.24. The molecule has 1 atom stereocenters. The Kier molecular flexibility index (Phi) is 5.63. The molecule has 148 valence electrons. The molecule has 0 aliphatic carbocycles. The number of nitrogens with one attached hydrogen (secondary N) is 1. The van der Waals surface area contributed by atoms with E-state index in [1.54, 1.807) is 33.5 Å². The van der Waals surface area contributed by atoms with E-state index in [0.29, 0.717) is 34.3 Å². The minimum atomic E-state index is -0.676. The van der Waals surface area contributed by atoms with Crippen LogP contribution in [0.4, 0.5) is 5.69 Å². The van der Waals surface area contributed by atoms with E-state index < -0.39 is 12.1 Å². The van der Waals surface area contributed by atoms with Gasteiger partial charge in [-0.3, -0.25) is 0 Å². The highest BCUT2D eigenvalue weighted by Gasteiger charge is 2.32. The number of carbonyl (C=O) groups excluding carboxylic acids is 1. The zero-order chi connectivity index (χ0) is 20.3. The average molecular weight is 385 g/mol. The summed E-state index contributed by atoms with van der Waals surface area (Å²) in [5.41, 5.74) is 2.95. The highest BCUT2D eigenvalue weighted by molar-refractivity contribution is 5.84. The molecule has 1 heterocycles. The summed E-state index contributed by atoms with van der Waals surface area (Å²) in [4.78, 5) is 12.0. The van der Waals surface area contributed by atoms with Crippen molar-refractivity contribution in [2.75, 3.05) is 33.8 Å². The van der Waals surface area contributed by atoms with Gasteiger partial charge in [0.1, 0.15) is 23.0 Å². The molecule has 0 saturated carbocycles. The second kappa shape index (κ2) is 8.12. The number of aryl methyl sites for hydroxylation is 1. The Hall–Kier alpha value is -3.35. The molecule has 0 spiro atoms. The summed E-state index contributed by atoms with van der Waals surface area (Å²) in [6.45, 7) is 1.98. The maximum atomic E-state index is 12.0. The van der Waals surface area contributed by atoms with Crippen molar-refractivity contribution in [3.05, 3.63) is 53.2 Å². The maximum absolute atomic E-state index is 12.0. The molecule has 7 nitrogen and oxygen atoms in total. The SMILES string of the molecule is COC(=O)/C=C1\Nc2cc(C)ccc2OC1c1c(OC)cc(OC)cc1OC. The smallest absolute Gasteiger partial charge is 0.332 e. The first kappa shape index (κ1) is 19.4. The number of ether oxygens (including phenoxy) is 5. The van der Waals surface area contributed by atoms with Crippen molar-refractivity contribution >= 4 is 11.7 Å². The van der Waals surface area contributed by atoms with E-state index in [9.17, 15) is 4.79 Å². The van der Waals surface area contributed by atoms with Crippen molar-refractivity contribution < 1.29 is 28.5 Å². The lowest BCUT2D eigenvalue weighted by Gasteiger charge is -2.32. The van der Waals surface area contributed by atoms with Crippen LogP contribution in [0.2, 0.25) is 0 Å². The van der Waals surface area contributed by atoms with Crippen molar-refractivity contribution in [2.24, 2.45) is 0 Å². The molecule has 0 saturated heterocycles. The third kappa shape index (κ3) is 3.69. The van der Waals surface area contributed by atoms with Crippen LogP contribution < -0.4 is 24.3 Å². The third-order valence-corrected chi connectivity index (χ3v) is 4.43. The normalized spacial score (nSPS) is 16.5. The Morgan fingerprint density at radius 1 is 1.04 bits per heavy atom. The van der Waals surface area contributed by atoms with Crippen LogP contribution in [0.1, 0.15) is 17.2 Å². The molecule has 3 rings (SSSR count). The van der Waals surface area contributed by atoms with Crippen molar-refractivity contribution in [3.63, 3.8) is 0 Å². The Morgan fingerprint density at radius 2 is 1.71 bits per heavy atom. The minimum absolute atomic E-state index is 0.501. The average Bonchev–Trinajstić information content (AvgIpc) is 2.72. The number of methoxy groups -OCH3 is 4. The van der Waals surface area contributed by atoms with Crippen LogP contribution in [-0.4, -0.2) is 34.4 Å². The Labute approximate surface area is 163 Å². The molecule has 2 aromatic rings. The predicted molar refractivity (Wildman–Crippen MR) is 104 cm³/mol. The van der Waals surface area contributed by atoms with Crippen LogP contribution in [0.15, 0.2) is 42.1 Å². The fraction of sp³-hybridized carbons (Fsp3) is 0.286. The minimum Gasteiger partial charge on any atom is -0.496 e. The highest BCUT2D eigenvalue weighted by Crippen LogP contribution is 2.46. The third-order valence-electron chi connectivity index (χ3n) is 4.43. The van der Waals surface area contributed by atoms with Crippen molar-refractivity contribution in [2.45, 2.75) is 13.0 Å². The van der Waals surface area contributed by atoms with Crippen LogP contribution in [0.25, 0.3) is 0 Å². The quantitative estimate of drug-likeness (QED) is 0.622. The van der Waals surface area contributed by atoms with E-state index in [4.69, 9.17) is 23.7 Å². The number of esters is 1. The molecule has 1 aliphatic heterocycles. The van der Waals surface area contributed by atoms with Gasteiger partial charge in [0.15, 0.2) is 6.10 Å². The zero-order valence-electron chi connectivity index (χ0n) is 16.5. The van der Waals surface area contributed by atoms with Gasteiger partial charge in [0.05, 0.1) is 45.4 Å². The van der Waals surface area contributed by atoms with Crippen molar-refractivity contribution in [3.8, 4) is 23.0 Å². The van der Waals surface area contributed by atoms with E-state index in [-0.39, 0.29) is 0 Å². The van der Waals surface area contributed by atoms with E-state index in [2.05, 4.69) is 5.32 Å². The molecule has 1 aliphatic rings. The van der Waals surface area contributed by atoms with E-state index >= 15 is 0 Å². The summed E-state index contributed by atoms with van der Waals surface area (Å²) in [7, 11) is 5.99. The molecule has 0 fully saturated rings. The molecular formula is C21H23NO6. The summed E-state index contributed by atoms with van der Waals surface area (Å²) >= 11 is 0. The monoisotopic (exact) mass is 385 g/mol. The number of rotatable bonds is 5. The second-order valence-electron chi connectivity index (χ2n) is 6.19. The Morgan fingerprint density at radius 3 is 2.29 bits per heavy atom. The van der Waals surface area contributed by atoms with Gasteiger partial charge in [-0.15, -0.1) is 0 Å². The molecule has 2 aromatic carbocycles. The molecule has 1 N–H and O–H groups in total. The van der Waals surface area contributed by atoms with Gasteiger partial charge < -0.3 is 29.0 Å². The first-order valence-corrected chi connectivity index (χ1v) is 8.64. The summed E-state index contributed by atoms with van der Waals surface area (Å²) in [5, 5.41) is 3.28. The van der Waals surface area contributed by atoms with E-state index in [1.165, 1.54) is 13.2 Å². The standard InChI is InChI=1S/C21H23NO6/c1-12-6-7-16-14(8-12)22-15(11-19(23)27-5)21(28-16)20-17(25-3)9-13(24-2)10-18(20)26-4/h6-11,21-22H,1-5H3/b15-11-. The fourth-order valence-electron chi connectivity index (χ4n) is 3.06. The zero-order valence-corrected chi connectivity index (χ0v) is 16.5. The van der Waals surface area contributed by atoms with Gasteiger partial charge in [-0.25, -0.2) is 4.79 Å². The van der Waals surface area contributed by atoms with Gasteiger partial charge >= 0.3 is 5.97 Å². The number of anilines is 1. The number of benzene rings is 2. The Bertz CT molecular complexity index is 896. The highest BCUT2D eigenvalue weighted by atomic mass is 16.5. The molecule has 1 unspecified atom stereocenters. The summed E-state index contributed by atoms with van der Waals surface area (Å²) in [5.74, 6) is 1.75.